The maximum absolute atomic E-state index is 13.8. The molecule has 1 atom stereocenters. The zero-order chi connectivity index (χ0) is 21.1. The Balaban J connectivity index is 1.79. The van der Waals surface area contributed by atoms with Gasteiger partial charge in [0.25, 0.3) is 5.91 Å². The number of carbonyl (C=O) groups excluding carboxylic acids is 1. The summed E-state index contributed by atoms with van der Waals surface area (Å²) < 4.78 is 32.5. The van der Waals surface area contributed by atoms with Crippen molar-refractivity contribution in [2.45, 2.75) is 19.9 Å². The van der Waals surface area contributed by atoms with Crippen molar-refractivity contribution < 1.29 is 28.2 Å². The molecule has 1 aromatic heterocycles. The van der Waals surface area contributed by atoms with Crippen LogP contribution in [0.2, 0.25) is 0 Å². The van der Waals surface area contributed by atoms with Gasteiger partial charge in [-0.05, 0) is 43.7 Å². The van der Waals surface area contributed by atoms with Crippen LogP contribution < -0.4 is 10.1 Å². The van der Waals surface area contributed by atoms with Crippen LogP contribution >= 0.6 is 0 Å². The summed E-state index contributed by atoms with van der Waals surface area (Å²) in [6, 6.07) is 8.32. The number of halogens is 2. The first kappa shape index (κ1) is 20.0. The molecular weight excluding hydrogens is 384 g/mol. The first-order valence-electron chi connectivity index (χ1n) is 8.58. The number of H-pyrrole nitrogens is 1. The lowest BCUT2D eigenvalue weighted by atomic mass is 10.1. The number of carboxylic acids is 1. The Labute approximate surface area is 164 Å². The van der Waals surface area contributed by atoms with Gasteiger partial charge in [-0.2, -0.15) is 5.10 Å². The highest BCUT2D eigenvalue weighted by atomic mass is 19.1. The minimum absolute atomic E-state index is 0.0441. The third-order valence-electron chi connectivity index (χ3n) is 4.25. The smallest absolute Gasteiger partial charge is 0.335 e. The second-order valence-electron chi connectivity index (χ2n) is 6.31. The predicted molar refractivity (Wildman–Crippen MR) is 99.0 cm³/mol. The Morgan fingerprint density at radius 1 is 1.17 bits per heavy atom. The molecule has 3 aromatic rings. The van der Waals surface area contributed by atoms with E-state index in [0.29, 0.717) is 11.3 Å². The average Bonchev–Trinajstić information content (AvgIpc) is 3.05. The van der Waals surface area contributed by atoms with E-state index in [1.807, 2.05) is 0 Å². The van der Waals surface area contributed by atoms with Gasteiger partial charge in [0, 0.05) is 6.07 Å². The molecule has 29 heavy (non-hydrogen) atoms. The van der Waals surface area contributed by atoms with E-state index in [-0.39, 0.29) is 22.8 Å². The Morgan fingerprint density at radius 3 is 2.52 bits per heavy atom. The minimum atomic E-state index is -1.05. The van der Waals surface area contributed by atoms with Gasteiger partial charge in [-0.3, -0.25) is 4.79 Å². The van der Waals surface area contributed by atoms with Gasteiger partial charge in [-0.15, -0.1) is 0 Å². The number of aromatic nitrogens is 2. The molecule has 0 aliphatic rings. The number of nitrogens with zero attached hydrogens (tertiary/aromatic N) is 1. The molecule has 0 spiro atoms. The van der Waals surface area contributed by atoms with Gasteiger partial charge in [0.15, 0.2) is 11.6 Å². The van der Waals surface area contributed by atoms with Crippen LogP contribution in [0, 0.1) is 18.6 Å². The van der Waals surface area contributed by atoms with Crippen molar-refractivity contribution in [1.82, 2.24) is 15.5 Å². The van der Waals surface area contributed by atoms with Crippen LogP contribution in [-0.4, -0.2) is 27.2 Å². The molecule has 0 fully saturated rings. The van der Waals surface area contributed by atoms with E-state index in [4.69, 9.17) is 9.84 Å². The molecule has 9 heteroatoms. The molecule has 0 radical (unpaired) electrons. The van der Waals surface area contributed by atoms with E-state index in [2.05, 4.69) is 15.5 Å². The largest absolute Gasteiger partial charge is 0.478 e. The van der Waals surface area contributed by atoms with E-state index < -0.39 is 29.6 Å². The summed E-state index contributed by atoms with van der Waals surface area (Å²) >= 11 is 0. The number of carbonyl (C=O) groups is 2. The Bertz CT molecular complexity index is 1060. The summed E-state index contributed by atoms with van der Waals surface area (Å²) in [4.78, 5) is 23.7. The second kappa shape index (κ2) is 8.09. The molecule has 0 saturated carbocycles. The number of nitrogens with one attached hydrogen (secondary N) is 2. The Hall–Kier alpha value is -3.75. The molecule has 7 nitrogen and oxygen atoms in total. The fourth-order valence-corrected chi connectivity index (χ4v) is 2.68. The number of carboxylic acid groups (broad SMARTS) is 1. The molecule has 0 aliphatic carbocycles. The topological polar surface area (TPSA) is 104 Å². The third-order valence-corrected chi connectivity index (χ3v) is 4.25. The normalized spacial score (nSPS) is 11.7. The molecule has 0 aliphatic heterocycles. The lowest BCUT2D eigenvalue weighted by Crippen LogP contribution is -2.27. The summed E-state index contributed by atoms with van der Waals surface area (Å²) in [6.45, 7) is 3.28. The highest BCUT2D eigenvalue weighted by Gasteiger charge is 2.23. The predicted octanol–water partition coefficient (Wildman–Crippen LogP) is 3.98. The molecule has 1 amide bonds. The number of aromatic amines is 1. The number of aromatic carboxylic acids is 1. The highest BCUT2D eigenvalue weighted by Crippen LogP contribution is 2.28. The SMILES string of the molecule is Cc1n[nH]c(Oc2cc(F)ccc2F)c1C(=O)N[C@@H](C)c1ccc(C(=O)O)cc1. The lowest BCUT2D eigenvalue weighted by molar-refractivity contribution is 0.0696. The number of rotatable bonds is 6. The van der Waals surface area contributed by atoms with Crippen molar-refractivity contribution in [2.24, 2.45) is 0 Å². The molecule has 0 saturated heterocycles. The first-order valence-corrected chi connectivity index (χ1v) is 8.58. The number of hydrogen-bond donors (Lipinski definition) is 3. The van der Waals surface area contributed by atoms with Crippen molar-refractivity contribution >= 4 is 11.9 Å². The number of hydrogen-bond acceptors (Lipinski definition) is 4. The van der Waals surface area contributed by atoms with Crippen molar-refractivity contribution in [3.8, 4) is 11.6 Å². The molecule has 0 unspecified atom stereocenters. The quantitative estimate of drug-likeness (QED) is 0.580. The van der Waals surface area contributed by atoms with Crippen LogP contribution in [-0.2, 0) is 0 Å². The van der Waals surface area contributed by atoms with E-state index >= 15 is 0 Å². The summed E-state index contributed by atoms with van der Waals surface area (Å²) in [5.41, 5.74) is 1.17. The Morgan fingerprint density at radius 2 is 1.86 bits per heavy atom. The third kappa shape index (κ3) is 4.40. The summed E-state index contributed by atoms with van der Waals surface area (Å²) in [5, 5.41) is 18.1. The number of benzene rings is 2. The second-order valence-corrected chi connectivity index (χ2v) is 6.31. The van der Waals surface area contributed by atoms with Gasteiger partial charge < -0.3 is 15.2 Å². The van der Waals surface area contributed by atoms with Crippen LogP contribution in [0.3, 0.4) is 0 Å². The van der Waals surface area contributed by atoms with Crippen LogP contribution in [0.25, 0.3) is 0 Å². The molecule has 3 N–H and O–H groups in total. The van der Waals surface area contributed by atoms with Crippen molar-refractivity contribution in [2.75, 3.05) is 0 Å². The van der Waals surface area contributed by atoms with Crippen molar-refractivity contribution in [3.63, 3.8) is 0 Å². The molecule has 0 bridgehead atoms. The summed E-state index contributed by atoms with van der Waals surface area (Å²) in [7, 11) is 0. The molecule has 2 aromatic carbocycles. The van der Waals surface area contributed by atoms with E-state index in [1.54, 1.807) is 26.0 Å². The van der Waals surface area contributed by atoms with Gasteiger partial charge in [-0.25, -0.2) is 18.7 Å². The number of ether oxygens (including phenoxy) is 1. The van der Waals surface area contributed by atoms with Crippen LogP contribution in [0.15, 0.2) is 42.5 Å². The van der Waals surface area contributed by atoms with E-state index in [1.165, 1.54) is 12.1 Å². The standard InChI is InChI=1S/C20H17F2N3O4/c1-10(12-3-5-13(6-4-12)20(27)28)23-18(26)17-11(2)24-25-19(17)29-16-9-14(21)7-8-15(16)22/h3-10H,1-2H3,(H,23,26)(H,24,25)(H,27,28)/t10-/m0/s1. The van der Waals surface area contributed by atoms with Gasteiger partial charge in [-0.1, -0.05) is 12.1 Å². The van der Waals surface area contributed by atoms with Crippen LogP contribution in [0.5, 0.6) is 11.6 Å². The summed E-state index contributed by atoms with van der Waals surface area (Å²) in [5.74, 6) is -3.59. The lowest BCUT2D eigenvalue weighted by Gasteiger charge is -2.15. The van der Waals surface area contributed by atoms with E-state index in [9.17, 15) is 18.4 Å². The maximum atomic E-state index is 13.8. The van der Waals surface area contributed by atoms with Gasteiger partial charge in [0.05, 0.1) is 17.3 Å². The molecule has 3 rings (SSSR count). The number of aryl methyl sites for hydroxylation is 1. The zero-order valence-electron chi connectivity index (χ0n) is 15.5. The van der Waals surface area contributed by atoms with E-state index in [0.717, 1.165) is 18.2 Å². The van der Waals surface area contributed by atoms with Gasteiger partial charge in [0.1, 0.15) is 11.4 Å². The average molecular weight is 401 g/mol. The van der Waals surface area contributed by atoms with Crippen molar-refractivity contribution in [3.05, 3.63) is 76.5 Å². The fraction of sp³-hybridized carbons (Fsp3) is 0.150. The fourth-order valence-electron chi connectivity index (χ4n) is 2.68. The minimum Gasteiger partial charge on any atom is -0.478 e. The molecular formula is C20H17F2N3O4. The van der Waals surface area contributed by atoms with Crippen LogP contribution in [0.1, 0.15) is 44.9 Å². The summed E-state index contributed by atoms with van der Waals surface area (Å²) in [6.07, 6.45) is 0. The molecule has 1 heterocycles. The van der Waals surface area contributed by atoms with Gasteiger partial charge in [0.2, 0.25) is 5.88 Å². The van der Waals surface area contributed by atoms with Gasteiger partial charge >= 0.3 is 5.97 Å². The zero-order valence-corrected chi connectivity index (χ0v) is 15.5. The highest BCUT2D eigenvalue weighted by molar-refractivity contribution is 5.97. The monoisotopic (exact) mass is 401 g/mol. The van der Waals surface area contributed by atoms with Crippen LogP contribution in [0.4, 0.5) is 8.78 Å². The Kier molecular flexibility index (Phi) is 5.58. The van der Waals surface area contributed by atoms with Crippen molar-refractivity contribution in [1.29, 1.82) is 0 Å². The number of amides is 1. The first-order chi connectivity index (χ1) is 13.8. The molecule has 150 valence electrons. The maximum Gasteiger partial charge on any atom is 0.335 e.